The van der Waals surface area contributed by atoms with Crippen LogP contribution in [-0.4, -0.2) is 56.3 Å². The van der Waals surface area contributed by atoms with Crippen molar-refractivity contribution in [1.82, 2.24) is 0 Å². The number of ether oxygens (including phenoxy) is 2. The van der Waals surface area contributed by atoms with Gasteiger partial charge in [0.25, 0.3) is 0 Å². The molecule has 0 bridgehead atoms. The molecular formula is C24H10F22N2O4S. The number of nitrogen functional groups attached to an aromatic ring is 2. The van der Waals surface area contributed by atoms with E-state index in [1.165, 1.54) is 0 Å². The molecule has 53 heavy (non-hydrogen) atoms. The van der Waals surface area contributed by atoms with Crippen molar-refractivity contribution < 1.29 is 114 Å². The minimum absolute atomic E-state index is 0.140. The maximum atomic E-state index is 14.1. The highest BCUT2D eigenvalue weighted by Gasteiger charge is 2.84. The molecule has 2 rings (SSSR count). The first-order chi connectivity index (χ1) is 23.4. The third kappa shape index (κ3) is 7.38. The van der Waals surface area contributed by atoms with Crippen molar-refractivity contribution in [3.63, 3.8) is 0 Å². The maximum Gasteiger partial charge on any atom is 0.460 e. The summed E-state index contributed by atoms with van der Waals surface area (Å²) in [5, 5.41) is 0. The normalized spacial score (nSPS) is 15.5. The molecule has 0 aliphatic carbocycles. The first-order valence-corrected chi connectivity index (χ1v) is 13.8. The molecule has 0 unspecified atom stereocenters. The molecule has 0 atom stereocenters. The van der Waals surface area contributed by atoms with E-state index >= 15 is 0 Å². The van der Waals surface area contributed by atoms with E-state index in [1.54, 1.807) is 0 Å². The predicted molar refractivity (Wildman–Crippen MR) is 129 cm³/mol. The van der Waals surface area contributed by atoms with E-state index < -0.39 is 114 Å². The number of allylic oxidation sites excluding steroid dienone is 2. The molecule has 0 saturated heterocycles. The molecule has 6 nitrogen and oxygen atoms in total. The highest BCUT2D eigenvalue weighted by Crippen LogP contribution is 2.57. The summed E-state index contributed by atoms with van der Waals surface area (Å²) in [6, 6.07) is -6.50. The molecule has 0 aliphatic heterocycles. The molecule has 0 fully saturated rings. The van der Waals surface area contributed by atoms with Gasteiger partial charge in [-0.15, -0.1) is 0 Å². The summed E-state index contributed by atoms with van der Waals surface area (Å²) in [7, 11) is -5.42. The van der Waals surface area contributed by atoms with E-state index in [1.807, 2.05) is 0 Å². The first kappa shape index (κ1) is 44.7. The molecule has 0 heterocycles. The number of halogens is 22. The van der Waals surface area contributed by atoms with Crippen LogP contribution in [-0.2, 0) is 9.84 Å². The minimum atomic E-state index is -7.75. The maximum absolute atomic E-state index is 14.1. The summed E-state index contributed by atoms with van der Waals surface area (Å²) in [6.45, 7) is 0. The number of hydrogen-bond acceptors (Lipinski definition) is 6. The van der Waals surface area contributed by atoms with E-state index in [2.05, 4.69) is 9.47 Å². The van der Waals surface area contributed by atoms with Gasteiger partial charge in [-0.05, 0) is 24.3 Å². The zero-order chi connectivity index (χ0) is 41.9. The van der Waals surface area contributed by atoms with Crippen LogP contribution in [0.15, 0.2) is 69.9 Å². The van der Waals surface area contributed by atoms with Crippen LogP contribution in [0.25, 0.3) is 0 Å². The number of alkyl halides is 18. The van der Waals surface area contributed by atoms with Crippen molar-refractivity contribution in [2.45, 2.75) is 57.7 Å². The SMILES string of the molecule is Nc1ccc(S(=O)(=O)c2ccc(N)c(OC(F)=C(F)C(F)(F)C(F)(F)C(F)(F)C(F)(F)F)c2)cc1OC(F)=C(F)C(F)(F)C(F)(F)C(F)(F)C(F)(F)F. The molecule has 2 aromatic rings. The standard InChI is InChI=1S/C24H10F22N2O4S/c25-13(17(29,30)19(33,34)21(37,38)23(41,42)43)15(27)51-11-5-7(1-3-9(11)47)53(49,50)8-2-4-10(48)12(6-8)52-16(28)14(26)18(31,32)20(35,36)22(39,40)24(44,45)46/h1-6H,47-48H2. The second-order valence-electron chi connectivity index (χ2n) is 9.72. The van der Waals surface area contributed by atoms with Crippen molar-refractivity contribution in [2.24, 2.45) is 0 Å². The van der Waals surface area contributed by atoms with Crippen LogP contribution in [0.5, 0.6) is 11.5 Å². The van der Waals surface area contributed by atoms with Crippen molar-refractivity contribution in [3.8, 4) is 11.5 Å². The lowest BCUT2D eigenvalue weighted by atomic mass is 10.0. The molecule has 0 spiro atoms. The Balaban J connectivity index is 2.59. The third-order valence-corrected chi connectivity index (χ3v) is 7.92. The summed E-state index contributed by atoms with van der Waals surface area (Å²) < 4.78 is 324. The van der Waals surface area contributed by atoms with Gasteiger partial charge in [0.2, 0.25) is 21.5 Å². The molecular weight excluding hydrogens is 830 g/mol. The van der Waals surface area contributed by atoms with Gasteiger partial charge in [-0.3, -0.25) is 0 Å². The fourth-order valence-corrected chi connectivity index (χ4v) is 4.52. The predicted octanol–water partition coefficient (Wildman–Crippen LogP) is 9.59. The fourth-order valence-electron chi connectivity index (χ4n) is 3.23. The Labute approximate surface area is 277 Å². The molecule has 0 amide bonds. The lowest BCUT2D eigenvalue weighted by molar-refractivity contribution is -0.392. The largest absolute Gasteiger partial charge is 0.460 e. The van der Waals surface area contributed by atoms with Crippen LogP contribution in [0.1, 0.15) is 0 Å². The Morgan fingerprint density at radius 3 is 0.981 bits per heavy atom. The molecule has 29 heteroatoms. The molecule has 0 aromatic heterocycles. The van der Waals surface area contributed by atoms with E-state index in [4.69, 9.17) is 11.5 Å². The smallest absolute Gasteiger partial charge is 0.427 e. The fraction of sp³-hybridized carbons (Fsp3) is 0.333. The van der Waals surface area contributed by atoms with Gasteiger partial charge in [0.05, 0.1) is 21.2 Å². The first-order valence-electron chi connectivity index (χ1n) is 12.3. The van der Waals surface area contributed by atoms with Gasteiger partial charge >= 0.3 is 59.9 Å². The second kappa shape index (κ2) is 13.4. The second-order valence-corrected chi connectivity index (χ2v) is 11.7. The van der Waals surface area contributed by atoms with Gasteiger partial charge in [0, 0.05) is 12.1 Å². The molecule has 0 saturated carbocycles. The number of rotatable bonds is 12. The Hall–Kier alpha value is -4.47. The summed E-state index contributed by atoms with van der Waals surface area (Å²) in [5.74, 6) is -57.9. The number of benzene rings is 2. The van der Waals surface area contributed by atoms with Gasteiger partial charge in [-0.2, -0.15) is 96.6 Å². The monoisotopic (exact) mass is 840 g/mol. The molecule has 0 aliphatic rings. The van der Waals surface area contributed by atoms with Crippen molar-refractivity contribution >= 4 is 21.2 Å². The van der Waals surface area contributed by atoms with Crippen LogP contribution in [0.4, 0.5) is 108 Å². The molecule has 4 N–H and O–H groups in total. The lowest BCUT2D eigenvalue weighted by Crippen LogP contribution is -2.61. The Morgan fingerprint density at radius 1 is 0.472 bits per heavy atom. The molecule has 2 aromatic carbocycles. The zero-order valence-corrected chi connectivity index (χ0v) is 24.8. The van der Waals surface area contributed by atoms with Gasteiger partial charge in [0.1, 0.15) is 0 Å². The third-order valence-electron chi connectivity index (χ3n) is 6.18. The van der Waals surface area contributed by atoms with E-state index in [0.717, 1.165) is 0 Å². The van der Waals surface area contributed by atoms with Crippen LogP contribution in [0, 0.1) is 0 Å². The van der Waals surface area contributed by atoms with Gasteiger partial charge < -0.3 is 20.9 Å². The van der Waals surface area contributed by atoms with Crippen molar-refractivity contribution in [2.75, 3.05) is 11.5 Å². The topological polar surface area (TPSA) is 105 Å². The van der Waals surface area contributed by atoms with Crippen LogP contribution in [0.3, 0.4) is 0 Å². The van der Waals surface area contributed by atoms with Crippen molar-refractivity contribution in [1.29, 1.82) is 0 Å². The number of hydrogen-bond donors (Lipinski definition) is 2. The van der Waals surface area contributed by atoms with Crippen molar-refractivity contribution in [3.05, 3.63) is 60.1 Å². The average molecular weight is 840 g/mol. The summed E-state index contributed by atoms with van der Waals surface area (Å²) in [4.78, 5) is -2.82. The average Bonchev–Trinajstić information content (AvgIpc) is 3.00. The van der Waals surface area contributed by atoms with E-state index in [9.17, 15) is 105 Å². The number of anilines is 2. The molecule has 300 valence electrons. The number of sulfone groups is 1. The van der Waals surface area contributed by atoms with Crippen LogP contribution in [0.2, 0.25) is 0 Å². The van der Waals surface area contributed by atoms with Crippen LogP contribution >= 0.6 is 0 Å². The highest BCUT2D eigenvalue weighted by atomic mass is 32.2. The van der Waals surface area contributed by atoms with Crippen LogP contribution < -0.4 is 20.9 Å². The van der Waals surface area contributed by atoms with E-state index in [0.29, 0.717) is 12.1 Å². The quantitative estimate of drug-likeness (QED) is 0.125. The summed E-state index contributed by atoms with van der Waals surface area (Å²) >= 11 is 0. The van der Waals surface area contributed by atoms with Gasteiger partial charge in [-0.25, -0.2) is 8.42 Å². The van der Waals surface area contributed by atoms with E-state index in [-0.39, 0.29) is 24.3 Å². The van der Waals surface area contributed by atoms with Gasteiger partial charge in [0.15, 0.2) is 11.5 Å². The highest BCUT2D eigenvalue weighted by molar-refractivity contribution is 7.91. The number of nitrogens with two attached hydrogens (primary N) is 2. The Bertz CT molecular complexity index is 1770. The Morgan fingerprint density at radius 2 is 0.736 bits per heavy atom. The molecule has 0 radical (unpaired) electrons. The minimum Gasteiger partial charge on any atom is -0.427 e. The Kier molecular flexibility index (Phi) is 11.3. The summed E-state index contributed by atoms with van der Waals surface area (Å²) in [5.41, 5.74) is 8.08. The summed E-state index contributed by atoms with van der Waals surface area (Å²) in [6.07, 6.45) is -14.9. The zero-order valence-electron chi connectivity index (χ0n) is 24.0. The lowest BCUT2D eigenvalue weighted by Gasteiger charge is -2.32. The van der Waals surface area contributed by atoms with Gasteiger partial charge in [-0.1, -0.05) is 0 Å².